The van der Waals surface area contributed by atoms with Gasteiger partial charge in [0.05, 0.1) is 0 Å². The van der Waals surface area contributed by atoms with Crippen molar-refractivity contribution in [1.82, 2.24) is 4.90 Å². The number of carbonyl (C=O) groups is 3. The summed E-state index contributed by atoms with van der Waals surface area (Å²) < 4.78 is 0. The lowest BCUT2D eigenvalue weighted by Crippen LogP contribution is -2.47. The molecule has 1 aliphatic rings. The Balaban J connectivity index is 2.20. The van der Waals surface area contributed by atoms with Crippen molar-refractivity contribution in [2.24, 2.45) is 5.73 Å². The van der Waals surface area contributed by atoms with E-state index in [2.05, 4.69) is 0 Å². The highest BCUT2D eigenvalue weighted by molar-refractivity contribution is 5.98. The van der Waals surface area contributed by atoms with E-state index in [1.807, 2.05) is 0 Å². The van der Waals surface area contributed by atoms with Gasteiger partial charge in [0, 0.05) is 17.7 Å². The number of carboxylic acids is 1. The monoisotopic (exact) mass is 276 g/mol. The number of benzene rings is 1. The molecular weight excluding hydrogens is 260 g/mol. The molecule has 1 aromatic rings. The van der Waals surface area contributed by atoms with Crippen molar-refractivity contribution in [3.63, 3.8) is 0 Å². The fraction of sp³-hybridized carbons (Fsp3) is 0.357. The lowest BCUT2D eigenvalue weighted by molar-refractivity contribution is -0.143. The van der Waals surface area contributed by atoms with Crippen LogP contribution in [0.4, 0.5) is 0 Å². The smallest absolute Gasteiger partial charge is 0.326 e. The number of nitrogens with two attached hydrogens (primary N) is 1. The maximum absolute atomic E-state index is 12.3. The topological polar surface area (TPSA) is 101 Å². The van der Waals surface area contributed by atoms with Crippen molar-refractivity contribution in [3.8, 4) is 0 Å². The zero-order valence-electron chi connectivity index (χ0n) is 10.9. The van der Waals surface area contributed by atoms with Gasteiger partial charge in [0.25, 0.3) is 5.91 Å². The Bertz CT molecular complexity index is 539. The molecule has 0 unspecified atom stereocenters. The van der Waals surface area contributed by atoms with Crippen LogP contribution in [0.1, 0.15) is 40.0 Å². The Morgan fingerprint density at radius 1 is 1.10 bits per heavy atom. The summed E-state index contributed by atoms with van der Waals surface area (Å²) in [6, 6.07) is 5.16. The molecule has 20 heavy (non-hydrogen) atoms. The lowest BCUT2D eigenvalue weighted by Gasteiger charge is -2.33. The Hall–Kier alpha value is -2.37. The average Bonchev–Trinajstić information content (AvgIpc) is 2.46. The number of likely N-dealkylation sites (tertiary alicyclic amines) is 1. The molecule has 0 bridgehead atoms. The summed E-state index contributed by atoms with van der Waals surface area (Å²) in [5, 5.41) is 9.17. The minimum Gasteiger partial charge on any atom is -0.480 e. The van der Waals surface area contributed by atoms with Crippen molar-refractivity contribution in [2.75, 3.05) is 6.54 Å². The Labute approximate surface area is 116 Å². The van der Waals surface area contributed by atoms with Crippen molar-refractivity contribution in [2.45, 2.75) is 25.3 Å². The second-order valence-corrected chi connectivity index (χ2v) is 4.79. The highest BCUT2D eigenvalue weighted by Gasteiger charge is 2.32. The van der Waals surface area contributed by atoms with Gasteiger partial charge in [0.2, 0.25) is 5.91 Å². The maximum Gasteiger partial charge on any atom is 0.326 e. The average molecular weight is 276 g/mol. The fourth-order valence-electron chi connectivity index (χ4n) is 2.37. The number of carbonyl (C=O) groups excluding carboxylic acids is 2. The first-order chi connectivity index (χ1) is 9.50. The molecule has 0 aromatic heterocycles. The van der Waals surface area contributed by atoms with Gasteiger partial charge >= 0.3 is 5.97 Å². The van der Waals surface area contributed by atoms with Crippen LogP contribution in [0.2, 0.25) is 0 Å². The quantitative estimate of drug-likeness (QED) is 0.855. The zero-order valence-corrected chi connectivity index (χ0v) is 10.9. The molecule has 2 rings (SSSR count). The number of carboxylic acid groups (broad SMARTS) is 1. The van der Waals surface area contributed by atoms with Crippen molar-refractivity contribution in [3.05, 3.63) is 35.4 Å². The van der Waals surface area contributed by atoms with Crippen LogP contribution in [0, 0.1) is 0 Å². The molecule has 2 amide bonds. The molecule has 0 radical (unpaired) electrons. The lowest BCUT2D eigenvalue weighted by atomic mass is 10.0. The van der Waals surface area contributed by atoms with Gasteiger partial charge in [0.1, 0.15) is 6.04 Å². The molecule has 1 atom stereocenters. The molecule has 1 aromatic carbocycles. The Kier molecular flexibility index (Phi) is 4.02. The van der Waals surface area contributed by atoms with Crippen LogP contribution >= 0.6 is 0 Å². The second-order valence-electron chi connectivity index (χ2n) is 4.79. The first kappa shape index (κ1) is 14.0. The summed E-state index contributed by atoms with van der Waals surface area (Å²) in [7, 11) is 0. The van der Waals surface area contributed by atoms with Crippen LogP contribution in [-0.2, 0) is 4.79 Å². The van der Waals surface area contributed by atoms with Crippen LogP contribution < -0.4 is 5.73 Å². The third-order valence-electron chi connectivity index (χ3n) is 3.47. The molecule has 3 N–H and O–H groups in total. The van der Waals surface area contributed by atoms with E-state index < -0.39 is 17.9 Å². The SMILES string of the molecule is NC(=O)c1ccc(C(=O)N2CCCC[C@H]2C(=O)O)cc1. The molecule has 106 valence electrons. The predicted octanol–water partition coefficient (Wildman–Crippen LogP) is 0.865. The normalized spacial score (nSPS) is 18.6. The summed E-state index contributed by atoms with van der Waals surface area (Å²) in [6.07, 6.45) is 2.08. The zero-order chi connectivity index (χ0) is 14.7. The van der Waals surface area contributed by atoms with Gasteiger partial charge < -0.3 is 15.7 Å². The minimum atomic E-state index is -0.980. The molecule has 1 aliphatic heterocycles. The number of primary amides is 1. The van der Waals surface area contributed by atoms with E-state index in [1.54, 1.807) is 0 Å². The van der Waals surface area contributed by atoms with Crippen LogP contribution in [0.25, 0.3) is 0 Å². The van der Waals surface area contributed by atoms with E-state index in [4.69, 9.17) is 10.8 Å². The Morgan fingerprint density at radius 3 is 2.25 bits per heavy atom. The van der Waals surface area contributed by atoms with Gasteiger partial charge in [0.15, 0.2) is 0 Å². The number of hydrogen-bond donors (Lipinski definition) is 2. The highest BCUT2D eigenvalue weighted by Crippen LogP contribution is 2.20. The molecule has 6 heteroatoms. The number of piperidine rings is 1. The van der Waals surface area contributed by atoms with Crippen molar-refractivity contribution in [1.29, 1.82) is 0 Å². The molecule has 0 saturated carbocycles. The van der Waals surface area contributed by atoms with Gasteiger partial charge in [-0.15, -0.1) is 0 Å². The summed E-state index contributed by atoms with van der Waals surface area (Å²) >= 11 is 0. The summed E-state index contributed by atoms with van der Waals surface area (Å²) in [4.78, 5) is 35.9. The Morgan fingerprint density at radius 2 is 1.70 bits per heavy atom. The van der Waals surface area contributed by atoms with Crippen LogP contribution in [-0.4, -0.2) is 40.4 Å². The second kappa shape index (κ2) is 5.73. The maximum atomic E-state index is 12.3. The molecule has 1 heterocycles. The third kappa shape index (κ3) is 2.79. The predicted molar refractivity (Wildman–Crippen MR) is 71.3 cm³/mol. The standard InChI is InChI=1S/C14H16N2O4/c15-12(17)9-4-6-10(7-5-9)13(18)16-8-2-1-3-11(16)14(19)20/h4-7,11H,1-3,8H2,(H2,15,17)(H,19,20)/t11-/m0/s1. The highest BCUT2D eigenvalue weighted by atomic mass is 16.4. The summed E-state index contributed by atoms with van der Waals surface area (Å²) in [6.45, 7) is 0.438. The number of aliphatic carboxylic acids is 1. The van der Waals surface area contributed by atoms with Crippen LogP contribution in [0.3, 0.4) is 0 Å². The molecule has 0 spiro atoms. The number of nitrogens with zero attached hydrogens (tertiary/aromatic N) is 1. The van der Waals surface area contributed by atoms with E-state index in [9.17, 15) is 14.4 Å². The molecular formula is C14H16N2O4. The molecule has 1 saturated heterocycles. The van der Waals surface area contributed by atoms with Crippen molar-refractivity contribution < 1.29 is 19.5 Å². The van der Waals surface area contributed by atoms with E-state index in [0.717, 1.165) is 12.8 Å². The van der Waals surface area contributed by atoms with E-state index in [0.29, 0.717) is 24.1 Å². The van der Waals surface area contributed by atoms with Crippen LogP contribution in [0.5, 0.6) is 0 Å². The van der Waals surface area contributed by atoms with E-state index in [1.165, 1.54) is 29.2 Å². The molecule has 1 fully saturated rings. The largest absolute Gasteiger partial charge is 0.480 e. The van der Waals surface area contributed by atoms with E-state index >= 15 is 0 Å². The van der Waals surface area contributed by atoms with Crippen LogP contribution in [0.15, 0.2) is 24.3 Å². The van der Waals surface area contributed by atoms with E-state index in [-0.39, 0.29) is 5.91 Å². The summed E-state index contributed by atoms with van der Waals surface area (Å²) in [5.41, 5.74) is 5.81. The first-order valence-electron chi connectivity index (χ1n) is 6.44. The van der Waals surface area contributed by atoms with Gasteiger partial charge in [-0.25, -0.2) is 4.79 Å². The number of rotatable bonds is 3. The van der Waals surface area contributed by atoms with Gasteiger partial charge in [-0.2, -0.15) is 0 Å². The van der Waals surface area contributed by atoms with Gasteiger partial charge in [-0.3, -0.25) is 9.59 Å². The fourth-order valence-corrected chi connectivity index (χ4v) is 2.37. The third-order valence-corrected chi connectivity index (χ3v) is 3.47. The number of hydrogen-bond acceptors (Lipinski definition) is 3. The minimum absolute atomic E-state index is 0.315. The first-order valence-corrected chi connectivity index (χ1v) is 6.44. The summed E-state index contributed by atoms with van der Waals surface area (Å²) in [5.74, 6) is -1.87. The molecule has 0 aliphatic carbocycles. The van der Waals surface area contributed by atoms with Gasteiger partial charge in [-0.1, -0.05) is 0 Å². The van der Waals surface area contributed by atoms with Gasteiger partial charge in [-0.05, 0) is 43.5 Å². The van der Waals surface area contributed by atoms with Crippen molar-refractivity contribution >= 4 is 17.8 Å². The molecule has 6 nitrogen and oxygen atoms in total. The number of amides is 2.